The van der Waals surface area contributed by atoms with Crippen LogP contribution in [-0.4, -0.2) is 96.8 Å². The van der Waals surface area contributed by atoms with Crippen molar-refractivity contribution < 1.29 is 80.4 Å². The van der Waals surface area contributed by atoms with Crippen LogP contribution in [0.15, 0.2) is 116 Å². The Hall–Kier alpha value is -6.56. The molecule has 0 atom stereocenters. The van der Waals surface area contributed by atoms with Crippen molar-refractivity contribution >= 4 is 115 Å². The number of carbonyl (C=O) groups is 1. The van der Waals surface area contributed by atoms with E-state index >= 15 is 0 Å². The monoisotopic (exact) mass is 1030 g/mol. The molecule has 6 rings (SSSR count). The van der Waals surface area contributed by atoms with Gasteiger partial charge in [0.05, 0.1) is 51.1 Å². The van der Waals surface area contributed by atoms with E-state index in [1.54, 1.807) is 0 Å². The fourth-order valence-corrected chi connectivity index (χ4v) is 8.62. The standard InChI is InChI=1S/C35H30FN9O17S5/c36-33-41-34(39-22-4-1-19(2-5-22)32(47)38-21-6-9-24(10-7-21)64(49,50)14-13-60-67(57,58)59)43-35(42-33)40-23-8-12-29(66(54,55)56)27(16-23)44-45-31-26(37-18-63-62-61-48)11-3-20-15-25(65(51,52)53)17-28(46)30(20)31/h1-12,15-17,37,46,48H,13-14,18H2,(H,38,47)(H,51,52,53)(H,54,55,56)(H,57,58,59)(H2,39,40,41,42,43). The molecule has 1 amide bonds. The number of rotatable bonds is 20. The number of phenols is 1. The Morgan fingerprint density at radius 2 is 1.37 bits per heavy atom. The lowest BCUT2D eigenvalue weighted by Crippen LogP contribution is -2.16. The quantitative estimate of drug-likeness (QED) is 0.00860. The molecule has 0 unspecified atom stereocenters. The molecular formula is C35H30FN9O17S5. The SMILES string of the molecule is O=C(Nc1ccc(S(=O)(=O)CCOS(=O)(=O)O)cc1)c1ccc(Nc2nc(F)nc(Nc3ccc(S(=O)(=O)O)c(N=Nc4c(NCSOOO)ccc5cc(S(=O)(=O)O)cc(O)c45)c3)n2)cc1. The number of halogens is 1. The summed E-state index contributed by atoms with van der Waals surface area (Å²) in [4.78, 5) is 22.5. The van der Waals surface area contributed by atoms with Crippen LogP contribution in [0.25, 0.3) is 10.8 Å². The van der Waals surface area contributed by atoms with Gasteiger partial charge in [-0.1, -0.05) is 11.1 Å². The molecule has 26 nitrogen and oxygen atoms in total. The number of nitrogens with zero attached hydrogens (tertiary/aromatic N) is 5. The second-order valence-electron chi connectivity index (χ2n) is 13.0. The van der Waals surface area contributed by atoms with Crippen LogP contribution in [0.4, 0.5) is 50.4 Å². The normalized spacial score (nSPS) is 12.3. The highest BCUT2D eigenvalue weighted by Crippen LogP contribution is 2.42. The third-order valence-electron chi connectivity index (χ3n) is 8.56. The molecule has 0 aliphatic heterocycles. The molecule has 32 heteroatoms. The van der Waals surface area contributed by atoms with Gasteiger partial charge in [0.2, 0.25) is 11.9 Å². The number of amides is 1. The lowest BCUT2D eigenvalue weighted by atomic mass is 10.1. The Morgan fingerprint density at radius 3 is 2.00 bits per heavy atom. The summed E-state index contributed by atoms with van der Waals surface area (Å²) < 4.78 is 146. The van der Waals surface area contributed by atoms with Crippen molar-refractivity contribution in [1.82, 2.24) is 15.0 Å². The van der Waals surface area contributed by atoms with Gasteiger partial charge in [-0.15, -0.1) is 14.6 Å². The van der Waals surface area contributed by atoms with Crippen LogP contribution in [0.2, 0.25) is 0 Å². The largest absolute Gasteiger partial charge is 0.507 e. The fourth-order valence-electron chi connectivity index (χ4n) is 5.68. The minimum atomic E-state index is -4.99. The summed E-state index contributed by atoms with van der Waals surface area (Å²) in [5.74, 6) is -2.98. The van der Waals surface area contributed by atoms with Crippen molar-refractivity contribution in [2.75, 3.05) is 39.5 Å². The van der Waals surface area contributed by atoms with Gasteiger partial charge in [-0.05, 0) is 84.2 Å². The van der Waals surface area contributed by atoms with E-state index < -0.39 is 92.0 Å². The molecule has 0 saturated carbocycles. The second-order valence-corrected chi connectivity index (χ2v) is 19.7. The molecule has 5 aromatic carbocycles. The topological polar surface area (TPSA) is 394 Å². The second kappa shape index (κ2) is 20.5. The Balaban J connectivity index is 1.19. The Bertz CT molecular complexity index is 3340. The Morgan fingerprint density at radius 1 is 0.731 bits per heavy atom. The van der Waals surface area contributed by atoms with Gasteiger partial charge in [-0.3, -0.25) is 18.5 Å². The number of hydrogen-bond donors (Lipinski definition) is 9. The molecule has 9 N–H and O–H groups in total. The summed E-state index contributed by atoms with van der Waals surface area (Å²) in [5, 5.41) is 41.6. The van der Waals surface area contributed by atoms with E-state index in [2.05, 4.69) is 60.0 Å². The fraction of sp³-hybridized carbons (Fsp3) is 0.0857. The van der Waals surface area contributed by atoms with E-state index in [-0.39, 0.29) is 61.5 Å². The van der Waals surface area contributed by atoms with Crippen molar-refractivity contribution in [3.8, 4) is 5.75 Å². The zero-order valence-corrected chi connectivity index (χ0v) is 37.2. The third kappa shape index (κ3) is 13.5. The first kappa shape index (κ1) is 49.9. The maximum atomic E-state index is 14.7. The van der Waals surface area contributed by atoms with Gasteiger partial charge in [0, 0.05) is 28.7 Å². The molecule has 0 aliphatic rings. The molecule has 0 fully saturated rings. The maximum absolute atomic E-state index is 14.7. The number of sulfone groups is 1. The lowest BCUT2D eigenvalue weighted by Gasteiger charge is -2.13. The number of aromatic hydroxyl groups is 1. The molecular weight excluding hydrogens is 998 g/mol. The predicted molar refractivity (Wildman–Crippen MR) is 233 cm³/mol. The number of azo groups is 1. The van der Waals surface area contributed by atoms with Gasteiger partial charge in [0.15, 0.2) is 9.84 Å². The van der Waals surface area contributed by atoms with E-state index in [1.807, 2.05) is 0 Å². The van der Waals surface area contributed by atoms with Crippen LogP contribution in [0.1, 0.15) is 10.4 Å². The van der Waals surface area contributed by atoms with Crippen molar-refractivity contribution in [2.45, 2.75) is 14.7 Å². The number of benzene rings is 5. The highest BCUT2D eigenvalue weighted by atomic mass is 32.3. The molecule has 1 heterocycles. The molecule has 354 valence electrons. The highest BCUT2D eigenvalue weighted by molar-refractivity contribution is 7.94. The van der Waals surface area contributed by atoms with Crippen LogP contribution in [0.5, 0.6) is 5.75 Å². The van der Waals surface area contributed by atoms with Gasteiger partial charge < -0.3 is 26.4 Å². The molecule has 0 aliphatic carbocycles. The summed E-state index contributed by atoms with van der Waals surface area (Å²) in [6, 6.07) is 18.0. The molecule has 1 aromatic heterocycles. The number of fused-ring (bicyclic) bond motifs is 1. The third-order valence-corrected chi connectivity index (χ3v) is 12.9. The minimum absolute atomic E-state index is 0.0224. The van der Waals surface area contributed by atoms with E-state index in [9.17, 15) is 57.1 Å². The van der Waals surface area contributed by atoms with Gasteiger partial charge >= 0.3 is 16.5 Å². The summed E-state index contributed by atoms with van der Waals surface area (Å²) >= 11 is 0.558. The average molecular weight is 1030 g/mol. The van der Waals surface area contributed by atoms with Crippen LogP contribution in [0.3, 0.4) is 0 Å². The van der Waals surface area contributed by atoms with Crippen molar-refractivity contribution in [3.05, 3.63) is 103 Å². The number of anilines is 6. The molecule has 67 heavy (non-hydrogen) atoms. The summed E-state index contributed by atoms with van der Waals surface area (Å²) in [7, 11) is -18.6. The van der Waals surface area contributed by atoms with Crippen LogP contribution in [-0.2, 0) is 54.0 Å². The first-order valence-corrected chi connectivity index (χ1v) is 24.8. The number of phenolic OH excluding ortho intramolecular Hbond substituents is 1. The zero-order valence-electron chi connectivity index (χ0n) is 33.1. The number of hydrogen-bond acceptors (Lipinski definition) is 23. The average Bonchev–Trinajstić information content (AvgIpc) is 3.23. The highest BCUT2D eigenvalue weighted by Gasteiger charge is 2.21. The smallest absolute Gasteiger partial charge is 0.397 e. The van der Waals surface area contributed by atoms with Crippen LogP contribution < -0.4 is 21.3 Å². The van der Waals surface area contributed by atoms with E-state index in [1.165, 1.54) is 60.7 Å². The number of nitrogens with one attached hydrogen (secondary N) is 4. The van der Waals surface area contributed by atoms with E-state index in [0.29, 0.717) is 12.0 Å². The minimum Gasteiger partial charge on any atom is -0.507 e. The van der Waals surface area contributed by atoms with Crippen molar-refractivity contribution in [1.29, 1.82) is 0 Å². The molecule has 0 spiro atoms. The van der Waals surface area contributed by atoms with Crippen molar-refractivity contribution in [2.24, 2.45) is 10.2 Å². The van der Waals surface area contributed by atoms with Gasteiger partial charge in [-0.25, -0.2) is 17.9 Å². The molecule has 0 saturated heterocycles. The van der Waals surface area contributed by atoms with Gasteiger partial charge in [-0.2, -0.15) is 44.6 Å². The van der Waals surface area contributed by atoms with Gasteiger partial charge in [0.1, 0.15) is 22.0 Å². The summed E-state index contributed by atoms with van der Waals surface area (Å²) in [5.41, 5.74) is -0.117. The zero-order chi connectivity index (χ0) is 48.7. The summed E-state index contributed by atoms with van der Waals surface area (Å²) in [6.07, 6.45) is -1.28. The Kier molecular flexibility index (Phi) is 15.3. The number of carbonyl (C=O) groups excluding carboxylic acids is 1. The first-order chi connectivity index (χ1) is 31.5. The van der Waals surface area contributed by atoms with Crippen molar-refractivity contribution in [3.63, 3.8) is 0 Å². The van der Waals surface area contributed by atoms with E-state index in [0.717, 1.165) is 30.3 Å². The number of aromatic nitrogens is 3. The van der Waals surface area contributed by atoms with E-state index in [4.69, 9.17) is 9.81 Å². The maximum Gasteiger partial charge on any atom is 0.397 e. The van der Waals surface area contributed by atoms with Crippen LogP contribution >= 0.6 is 12.0 Å². The van der Waals surface area contributed by atoms with Crippen LogP contribution in [0, 0.1) is 6.08 Å². The predicted octanol–water partition coefficient (Wildman–Crippen LogP) is 5.55. The molecule has 0 radical (unpaired) electrons. The summed E-state index contributed by atoms with van der Waals surface area (Å²) in [6.45, 7) is -0.820. The molecule has 6 aromatic rings. The molecule has 0 bridgehead atoms. The Labute approximate surface area is 381 Å². The lowest BCUT2D eigenvalue weighted by molar-refractivity contribution is -0.432. The first-order valence-electron chi connectivity index (χ1n) is 17.9. The van der Waals surface area contributed by atoms with Gasteiger partial charge in [0.25, 0.3) is 26.1 Å².